The summed E-state index contributed by atoms with van der Waals surface area (Å²) in [5.74, 6) is -1.13. The number of benzene rings is 2. The topological polar surface area (TPSA) is 102 Å². The first kappa shape index (κ1) is 20.6. The number of carbonyl (C=O) groups is 2. The molecule has 0 aliphatic carbocycles. The molecule has 0 spiro atoms. The summed E-state index contributed by atoms with van der Waals surface area (Å²) in [6.07, 6.45) is 0. The number of hydrogen-bond acceptors (Lipinski definition) is 5. The Morgan fingerprint density at radius 3 is 2.22 bits per heavy atom. The van der Waals surface area contributed by atoms with E-state index in [-0.39, 0.29) is 16.5 Å². The normalized spacial score (nSPS) is 11.2. The van der Waals surface area contributed by atoms with Crippen molar-refractivity contribution in [1.29, 1.82) is 0 Å². The van der Waals surface area contributed by atoms with Crippen LogP contribution in [0.3, 0.4) is 0 Å². The largest absolute Gasteiger partial charge is 0.452 e. The van der Waals surface area contributed by atoms with Crippen molar-refractivity contribution >= 4 is 21.9 Å². The average molecular weight is 390 g/mol. The molecule has 0 bridgehead atoms. The number of nitrogens with one attached hydrogen (secondary N) is 2. The van der Waals surface area contributed by atoms with Gasteiger partial charge < -0.3 is 10.1 Å². The average Bonchev–Trinajstić information content (AvgIpc) is 2.64. The first-order valence-corrected chi connectivity index (χ1v) is 9.86. The Labute approximate surface area is 158 Å². The summed E-state index contributed by atoms with van der Waals surface area (Å²) in [4.78, 5) is 23.8. The fourth-order valence-electron chi connectivity index (χ4n) is 2.21. The van der Waals surface area contributed by atoms with Crippen LogP contribution in [0.5, 0.6) is 0 Å². The van der Waals surface area contributed by atoms with Gasteiger partial charge in [-0.2, -0.15) is 0 Å². The maximum absolute atomic E-state index is 12.0. The molecule has 144 valence electrons. The minimum atomic E-state index is -3.63. The molecule has 0 atom stereocenters. The van der Waals surface area contributed by atoms with Crippen LogP contribution in [0.4, 0.5) is 0 Å². The third-order valence-electron chi connectivity index (χ3n) is 3.46. The zero-order valence-corrected chi connectivity index (χ0v) is 16.0. The van der Waals surface area contributed by atoms with Crippen LogP contribution in [0.1, 0.15) is 29.8 Å². The molecule has 0 saturated carbocycles. The minimum Gasteiger partial charge on any atom is -0.452 e. The molecule has 0 aromatic heterocycles. The van der Waals surface area contributed by atoms with Gasteiger partial charge >= 0.3 is 5.97 Å². The van der Waals surface area contributed by atoms with E-state index in [4.69, 9.17) is 4.74 Å². The second-order valence-corrected chi connectivity index (χ2v) is 7.85. The summed E-state index contributed by atoms with van der Waals surface area (Å²) in [6, 6.07) is 14.4. The van der Waals surface area contributed by atoms with Crippen molar-refractivity contribution in [1.82, 2.24) is 10.0 Å². The molecule has 0 saturated heterocycles. The zero-order valence-electron chi connectivity index (χ0n) is 15.1. The SMILES string of the molecule is CC(C)NS(=O)(=O)c1ccc(C(=O)OCC(=O)NCc2ccccc2)cc1. The molecule has 7 nitrogen and oxygen atoms in total. The van der Waals surface area contributed by atoms with Crippen LogP contribution in [0.25, 0.3) is 0 Å². The molecule has 8 heteroatoms. The lowest BCUT2D eigenvalue weighted by atomic mass is 10.2. The summed E-state index contributed by atoms with van der Waals surface area (Å²) in [7, 11) is -3.63. The number of rotatable bonds is 8. The molecule has 2 N–H and O–H groups in total. The number of esters is 1. The highest BCUT2D eigenvalue weighted by molar-refractivity contribution is 7.89. The van der Waals surface area contributed by atoms with Crippen LogP contribution in [0.15, 0.2) is 59.5 Å². The van der Waals surface area contributed by atoms with Gasteiger partial charge in [-0.3, -0.25) is 4.79 Å². The van der Waals surface area contributed by atoms with Crippen molar-refractivity contribution in [2.75, 3.05) is 6.61 Å². The van der Waals surface area contributed by atoms with Crippen molar-refractivity contribution < 1.29 is 22.7 Å². The van der Waals surface area contributed by atoms with Gasteiger partial charge in [-0.15, -0.1) is 0 Å². The molecule has 0 heterocycles. The Morgan fingerprint density at radius 2 is 1.63 bits per heavy atom. The van der Waals surface area contributed by atoms with Gasteiger partial charge in [0.1, 0.15) is 0 Å². The lowest BCUT2D eigenvalue weighted by Crippen LogP contribution is -2.30. The lowest BCUT2D eigenvalue weighted by molar-refractivity contribution is -0.124. The quantitative estimate of drug-likeness (QED) is 0.670. The lowest BCUT2D eigenvalue weighted by Gasteiger charge is -2.10. The Kier molecular flexibility index (Phi) is 7.09. The van der Waals surface area contributed by atoms with Crippen molar-refractivity contribution in [3.63, 3.8) is 0 Å². The summed E-state index contributed by atoms with van der Waals surface area (Å²) in [6.45, 7) is 3.35. The van der Waals surface area contributed by atoms with E-state index in [1.54, 1.807) is 13.8 Å². The van der Waals surface area contributed by atoms with Crippen molar-refractivity contribution in [3.8, 4) is 0 Å². The van der Waals surface area contributed by atoms with E-state index in [9.17, 15) is 18.0 Å². The van der Waals surface area contributed by atoms with Gasteiger partial charge in [-0.1, -0.05) is 30.3 Å². The van der Waals surface area contributed by atoms with E-state index in [0.29, 0.717) is 6.54 Å². The molecule has 2 aromatic carbocycles. The van der Waals surface area contributed by atoms with Crippen molar-refractivity contribution in [3.05, 3.63) is 65.7 Å². The summed E-state index contributed by atoms with van der Waals surface area (Å²) in [5, 5.41) is 2.65. The van der Waals surface area contributed by atoms with E-state index in [0.717, 1.165) is 5.56 Å². The van der Waals surface area contributed by atoms with E-state index in [1.165, 1.54) is 24.3 Å². The number of ether oxygens (including phenoxy) is 1. The monoisotopic (exact) mass is 390 g/mol. The number of amides is 1. The van der Waals surface area contributed by atoms with Crippen molar-refractivity contribution in [2.24, 2.45) is 0 Å². The van der Waals surface area contributed by atoms with Gasteiger partial charge in [-0.25, -0.2) is 17.9 Å². The smallest absolute Gasteiger partial charge is 0.338 e. The summed E-state index contributed by atoms with van der Waals surface area (Å²) < 4.78 is 31.5. The van der Waals surface area contributed by atoms with Gasteiger partial charge in [0, 0.05) is 12.6 Å². The third kappa shape index (κ3) is 6.50. The van der Waals surface area contributed by atoms with Gasteiger partial charge in [0.05, 0.1) is 10.5 Å². The molecule has 0 radical (unpaired) electrons. The fraction of sp³-hybridized carbons (Fsp3) is 0.263. The third-order valence-corrected chi connectivity index (χ3v) is 5.13. The van der Waals surface area contributed by atoms with Crippen LogP contribution in [0.2, 0.25) is 0 Å². The highest BCUT2D eigenvalue weighted by Crippen LogP contribution is 2.12. The van der Waals surface area contributed by atoms with E-state index in [2.05, 4.69) is 10.0 Å². The summed E-state index contributed by atoms with van der Waals surface area (Å²) in [5.41, 5.74) is 1.10. The zero-order chi connectivity index (χ0) is 19.9. The first-order chi connectivity index (χ1) is 12.8. The molecule has 27 heavy (non-hydrogen) atoms. The molecule has 2 rings (SSSR count). The Morgan fingerprint density at radius 1 is 1.00 bits per heavy atom. The predicted molar refractivity (Wildman–Crippen MR) is 100 cm³/mol. The molecule has 1 amide bonds. The second kappa shape index (κ2) is 9.29. The molecular formula is C19H22N2O5S. The van der Waals surface area contributed by atoms with Gasteiger partial charge in [0.2, 0.25) is 10.0 Å². The Bertz CT molecular complexity index is 878. The van der Waals surface area contributed by atoms with Crippen LogP contribution in [-0.4, -0.2) is 32.9 Å². The highest BCUT2D eigenvalue weighted by atomic mass is 32.2. The molecule has 0 aliphatic rings. The van der Waals surface area contributed by atoms with Gasteiger partial charge in [0.15, 0.2) is 6.61 Å². The highest BCUT2D eigenvalue weighted by Gasteiger charge is 2.16. The maximum Gasteiger partial charge on any atom is 0.338 e. The minimum absolute atomic E-state index is 0.0494. The van der Waals surface area contributed by atoms with Crippen molar-refractivity contribution in [2.45, 2.75) is 31.3 Å². The summed E-state index contributed by atoms with van der Waals surface area (Å²) >= 11 is 0. The van der Waals surface area contributed by atoms with Crippen LogP contribution >= 0.6 is 0 Å². The standard InChI is InChI=1S/C19H22N2O5S/c1-14(2)21-27(24,25)17-10-8-16(9-11-17)19(23)26-13-18(22)20-12-15-6-4-3-5-7-15/h3-11,14,21H,12-13H2,1-2H3,(H,20,22). The molecule has 0 fully saturated rings. The second-order valence-electron chi connectivity index (χ2n) is 6.14. The van der Waals surface area contributed by atoms with E-state index in [1.807, 2.05) is 30.3 Å². The van der Waals surface area contributed by atoms with Gasteiger partial charge in [-0.05, 0) is 43.7 Å². The van der Waals surface area contributed by atoms with Crippen LogP contribution < -0.4 is 10.0 Å². The molecule has 2 aromatic rings. The Hall–Kier alpha value is -2.71. The molecule has 0 aliphatic heterocycles. The first-order valence-electron chi connectivity index (χ1n) is 8.38. The predicted octanol–water partition coefficient (Wildman–Crippen LogP) is 1.85. The van der Waals surface area contributed by atoms with E-state index >= 15 is 0 Å². The number of hydrogen-bond donors (Lipinski definition) is 2. The van der Waals surface area contributed by atoms with E-state index < -0.39 is 28.5 Å². The maximum atomic E-state index is 12.0. The number of carbonyl (C=O) groups excluding carboxylic acids is 2. The van der Waals surface area contributed by atoms with Crippen LogP contribution in [0, 0.1) is 0 Å². The Balaban J connectivity index is 1.86. The fourth-order valence-corrected chi connectivity index (χ4v) is 3.46. The van der Waals surface area contributed by atoms with Gasteiger partial charge in [0.25, 0.3) is 5.91 Å². The molecular weight excluding hydrogens is 368 g/mol. The number of sulfonamides is 1. The van der Waals surface area contributed by atoms with Crippen LogP contribution in [-0.2, 0) is 26.1 Å². The molecule has 0 unspecified atom stereocenters.